The second-order valence-electron chi connectivity index (χ2n) is 11.7. The van der Waals surface area contributed by atoms with E-state index in [0.717, 1.165) is 60.7 Å². The number of aliphatic imine (C=N–C) groups is 1. The lowest BCUT2D eigenvalue weighted by Gasteiger charge is -2.32. The zero-order chi connectivity index (χ0) is 30.1. The van der Waals surface area contributed by atoms with Crippen molar-refractivity contribution in [2.45, 2.75) is 32.3 Å². The van der Waals surface area contributed by atoms with Crippen molar-refractivity contribution in [1.82, 2.24) is 9.80 Å². The zero-order valence-electron chi connectivity index (χ0n) is 24.9. The summed E-state index contributed by atoms with van der Waals surface area (Å²) < 4.78 is 5.34. The lowest BCUT2D eigenvalue weighted by Crippen LogP contribution is -2.48. The number of carbonyl (C=O) groups is 3. The third-order valence-electron chi connectivity index (χ3n) is 8.27. The van der Waals surface area contributed by atoms with Gasteiger partial charge in [-0.25, -0.2) is 4.79 Å². The van der Waals surface area contributed by atoms with Crippen LogP contribution in [0.3, 0.4) is 0 Å². The standard InChI is InChI=1S/C34H37N5O4/c1-22(2)43-34(42)25-9-11-27-28(20-25)36-33(41)31(27)32(23-7-5-4-6-8-23)35-26-10-12-29-24(19-26)13-14-39(29)30(40)21-38-17-15-37(3)16-18-38/h4-12,19-20,22,31H,13-18,21H2,1-3H3,(H,36,41). The third kappa shape index (κ3) is 6.09. The average Bonchev–Trinajstić information content (AvgIpc) is 3.56. The number of nitrogens with zero attached hydrogens (tertiary/aromatic N) is 4. The summed E-state index contributed by atoms with van der Waals surface area (Å²) in [5.74, 6) is -1.15. The van der Waals surface area contributed by atoms with E-state index in [0.29, 0.717) is 30.1 Å². The number of nitrogens with one attached hydrogen (secondary N) is 1. The summed E-state index contributed by atoms with van der Waals surface area (Å²) in [4.78, 5) is 50.6. The maximum absolute atomic E-state index is 13.4. The molecule has 1 N–H and O–H groups in total. The lowest BCUT2D eigenvalue weighted by molar-refractivity contribution is -0.120. The van der Waals surface area contributed by atoms with E-state index in [1.165, 1.54) is 0 Å². The fraction of sp³-hybridized carbons (Fsp3) is 0.353. The van der Waals surface area contributed by atoms with Gasteiger partial charge in [-0.15, -0.1) is 0 Å². The number of esters is 1. The molecule has 222 valence electrons. The Labute approximate surface area is 252 Å². The number of benzene rings is 3. The molecule has 0 spiro atoms. The minimum Gasteiger partial charge on any atom is -0.459 e. The van der Waals surface area contributed by atoms with Crippen molar-refractivity contribution in [2.75, 3.05) is 56.5 Å². The molecule has 6 rings (SSSR count). The van der Waals surface area contributed by atoms with Crippen LogP contribution in [-0.4, -0.2) is 85.7 Å². The molecule has 9 nitrogen and oxygen atoms in total. The largest absolute Gasteiger partial charge is 0.459 e. The van der Waals surface area contributed by atoms with Crippen LogP contribution >= 0.6 is 0 Å². The van der Waals surface area contributed by atoms with Crippen LogP contribution in [0, 0.1) is 0 Å². The lowest BCUT2D eigenvalue weighted by atomic mass is 9.90. The van der Waals surface area contributed by atoms with Crippen molar-refractivity contribution in [1.29, 1.82) is 0 Å². The number of amides is 2. The van der Waals surface area contributed by atoms with Crippen LogP contribution in [0.2, 0.25) is 0 Å². The van der Waals surface area contributed by atoms with Gasteiger partial charge >= 0.3 is 5.97 Å². The van der Waals surface area contributed by atoms with E-state index < -0.39 is 11.9 Å². The smallest absolute Gasteiger partial charge is 0.338 e. The topological polar surface area (TPSA) is 94.5 Å². The quantitative estimate of drug-likeness (QED) is 0.332. The van der Waals surface area contributed by atoms with Crippen LogP contribution in [0.25, 0.3) is 0 Å². The number of carbonyl (C=O) groups excluding carboxylic acids is 3. The molecule has 1 fully saturated rings. The van der Waals surface area contributed by atoms with Gasteiger partial charge in [0, 0.05) is 44.1 Å². The van der Waals surface area contributed by atoms with E-state index in [2.05, 4.69) is 22.2 Å². The first-order chi connectivity index (χ1) is 20.8. The number of likely N-dealkylation sites (N-methyl/N-ethyl adjacent to an activating group) is 1. The van der Waals surface area contributed by atoms with Gasteiger partial charge in [0.05, 0.1) is 29.6 Å². The molecule has 2 amide bonds. The number of anilines is 2. The first kappa shape index (κ1) is 28.8. The van der Waals surface area contributed by atoms with Crippen molar-refractivity contribution in [2.24, 2.45) is 4.99 Å². The number of ether oxygens (including phenoxy) is 1. The average molecular weight is 580 g/mol. The predicted molar refractivity (Wildman–Crippen MR) is 167 cm³/mol. The van der Waals surface area contributed by atoms with Crippen LogP contribution in [-0.2, 0) is 20.7 Å². The van der Waals surface area contributed by atoms with Crippen LogP contribution in [0.1, 0.15) is 46.8 Å². The maximum Gasteiger partial charge on any atom is 0.338 e. The van der Waals surface area contributed by atoms with Gasteiger partial charge in [0.1, 0.15) is 5.92 Å². The van der Waals surface area contributed by atoms with Crippen molar-refractivity contribution in [3.8, 4) is 0 Å². The van der Waals surface area contributed by atoms with Gasteiger partial charge in [-0.3, -0.25) is 19.5 Å². The molecule has 0 bridgehead atoms. The summed E-state index contributed by atoms with van der Waals surface area (Å²) in [6.07, 6.45) is 0.518. The van der Waals surface area contributed by atoms with Gasteiger partial charge in [0.2, 0.25) is 11.8 Å². The van der Waals surface area contributed by atoms with E-state index in [4.69, 9.17) is 9.73 Å². The summed E-state index contributed by atoms with van der Waals surface area (Å²) in [6, 6.07) is 20.8. The zero-order valence-corrected chi connectivity index (χ0v) is 24.9. The number of piperazine rings is 1. The van der Waals surface area contributed by atoms with Gasteiger partial charge in [-0.1, -0.05) is 36.4 Å². The molecule has 0 saturated carbocycles. The maximum atomic E-state index is 13.4. The fourth-order valence-electron chi connectivity index (χ4n) is 5.99. The predicted octanol–water partition coefficient (Wildman–Crippen LogP) is 4.25. The molecule has 1 unspecified atom stereocenters. The molecular formula is C34H37N5O4. The van der Waals surface area contributed by atoms with E-state index >= 15 is 0 Å². The molecule has 1 saturated heterocycles. The van der Waals surface area contributed by atoms with Crippen molar-refractivity contribution in [3.63, 3.8) is 0 Å². The number of hydrogen-bond acceptors (Lipinski definition) is 7. The fourth-order valence-corrected chi connectivity index (χ4v) is 5.99. The minimum absolute atomic E-state index is 0.125. The summed E-state index contributed by atoms with van der Waals surface area (Å²) in [6.45, 7) is 8.44. The summed E-state index contributed by atoms with van der Waals surface area (Å²) in [5.41, 5.74) is 5.92. The molecular weight excluding hydrogens is 542 g/mol. The van der Waals surface area contributed by atoms with Crippen molar-refractivity contribution in [3.05, 3.63) is 89.0 Å². The van der Waals surface area contributed by atoms with E-state index in [1.54, 1.807) is 32.0 Å². The monoisotopic (exact) mass is 579 g/mol. The molecule has 0 radical (unpaired) electrons. The molecule has 43 heavy (non-hydrogen) atoms. The normalized spacial score (nSPS) is 18.9. The molecule has 3 aliphatic rings. The minimum atomic E-state index is -0.650. The van der Waals surface area contributed by atoms with Crippen LogP contribution in [0.4, 0.5) is 17.1 Å². The van der Waals surface area contributed by atoms with Crippen molar-refractivity contribution >= 4 is 40.6 Å². The highest BCUT2D eigenvalue weighted by Crippen LogP contribution is 2.38. The Morgan fingerprint density at radius 1 is 0.953 bits per heavy atom. The van der Waals surface area contributed by atoms with E-state index in [9.17, 15) is 14.4 Å². The van der Waals surface area contributed by atoms with Gasteiger partial charge in [0.25, 0.3) is 0 Å². The highest BCUT2D eigenvalue weighted by atomic mass is 16.5. The summed E-state index contributed by atoms with van der Waals surface area (Å²) in [7, 11) is 2.11. The van der Waals surface area contributed by atoms with E-state index in [-0.39, 0.29) is 17.9 Å². The van der Waals surface area contributed by atoms with E-state index in [1.807, 2.05) is 53.4 Å². The SMILES string of the molecule is CC(C)OC(=O)c1ccc2c(c1)NC(=O)C2C(=Nc1ccc2c(c1)CCN2C(=O)CN1CCN(C)CC1)c1ccccc1. The molecule has 3 aliphatic heterocycles. The van der Waals surface area contributed by atoms with Crippen molar-refractivity contribution < 1.29 is 19.1 Å². The Morgan fingerprint density at radius 3 is 2.47 bits per heavy atom. The molecule has 9 heteroatoms. The third-order valence-corrected chi connectivity index (χ3v) is 8.27. The molecule has 3 heterocycles. The van der Waals surface area contributed by atoms with Gasteiger partial charge in [-0.2, -0.15) is 0 Å². The van der Waals surface area contributed by atoms with Crippen LogP contribution in [0.15, 0.2) is 71.7 Å². The van der Waals surface area contributed by atoms with Crippen LogP contribution < -0.4 is 10.2 Å². The number of fused-ring (bicyclic) bond motifs is 2. The first-order valence-corrected chi connectivity index (χ1v) is 14.9. The van der Waals surface area contributed by atoms with Gasteiger partial charge in [0.15, 0.2) is 0 Å². The molecule has 0 aliphatic carbocycles. The number of rotatable bonds is 7. The Morgan fingerprint density at radius 2 is 1.72 bits per heavy atom. The molecule has 0 aromatic heterocycles. The first-order valence-electron chi connectivity index (χ1n) is 14.9. The summed E-state index contributed by atoms with van der Waals surface area (Å²) in [5, 5.41) is 2.95. The Bertz CT molecular complexity index is 1580. The Balaban J connectivity index is 1.28. The van der Waals surface area contributed by atoms with Crippen LogP contribution in [0.5, 0.6) is 0 Å². The Hall–Kier alpha value is -4.34. The second kappa shape index (κ2) is 12.1. The highest BCUT2D eigenvalue weighted by molar-refractivity contribution is 6.24. The molecule has 3 aromatic rings. The second-order valence-corrected chi connectivity index (χ2v) is 11.7. The molecule has 3 aromatic carbocycles. The molecule has 1 atom stereocenters. The van der Waals surface area contributed by atoms with Gasteiger partial charge < -0.3 is 19.9 Å². The van der Waals surface area contributed by atoms with Gasteiger partial charge in [-0.05, 0) is 74.3 Å². The Kier molecular flexibility index (Phi) is 8.10. The summed E-state index contributed by atoms with van der Waals surface area (Å²) >= 11 is 0. The number of hydrogen-bond donors (Lipinski definition) is 1. The highest BCUT2D eigenvalue weighted by Gasteiger charge is 2.36.